The second-order valence-electron chi connectivity index (χ2n) is 3.94. The van der Waals surface area contributed by atoms with E-state index in [0.717, 1.165) is 30.0 Å². The number of rotatable bonds is 5. The first-order chi connectivity index (χ1) is 8.31. The molecule has 0 aliphatic heterocycles. The van der Waals surface area contributed by atoms with Gasteiger partial charge in [-0.25, -0.2) is 0 Å². The van der Waals surface area contributed by atoms with Crippen LogP contribution in [-0.2, 0) is 0 Å². The molecule has 3 N–H and O–H groups in total. The van der Waals surface area contributed by atoms with Crippen LogP contribution in [0, 0.1) is 0 Å². The molecule has 0 fully saturated rings. The van der Waals surface area contributed by atoms with Crippen molar-refractivity contribution in [2.75, 3.05) is 25.0 Å². The smallest absolute Gasteiger partial charge is 0.151 e. The Hall–Kier alpha value is -1.88. The van der Waals surface area contributed by atoms with E-state index in [-0.39, 0.29) is 0 Å². The summed E-state index contributed by atoms with van der Waals surface area (Å²) >= 11 is 0. The van der Waals surface area contributed by atoms with Crippen LogP contribution < -0.4 is 10.6 Å². The molecule has 0 aromatic carbocycles. The molecule has 5 heteroatoms. The first kappa shape index (κ1) is 11.6. The summed E-state index contributed by atoms with van der Waals surface area (Å²) in [5.41, 5.74) is 7.40. The Labute approximate surface area is 101 Å². The molecule has 90 valence electrons. The third-order valence-electron chi connectivity index (χ3n) is 2.63. The zero-order chi connectivity index (χ0) is 12.1. The highest BCUT2D eigenvalue weighted by molar-refractivity contribution is 5.58. The average Bonchev–Trinajstić information content (AvgIpc) is 2.90. The molecule has 0 atom stereocenters. The van der Waals surface area contributed by atoms with Crippen molar-refractivity contribution < 1.29 is 0 Å². The number of hydrogen-bond acceptors (Lipinski definition) is 4. The lowest BCUT2D eigenvalue weighted by atomic mass is 10.2. The number of aromatic amines is 1. The van der Waals surface area contributed by atoms with Crippen molar-refractivity contribution in [1.29, 1.82) is 0 Å². The molecule has 0 saturated carbocycles. The molecule has 2 rings (SSSR count). The van der Waals surface area contributed by atoms with E-state index in [0.29, 0.717) is 6.54 Å². The van der Waals surface area contributed by atoms with Gasteiger partial charge in [-0.1, -0.05) is 0 Å². The highest BCUT2D eigenvalue weighted by atomic mass is 15.2. The van der Waals surface area contributed by atoms with Crippen LogP contribution in [0.2, 0.25) is 0 Å². The van der Waals surface area contributed by atoms with E-state index in [1.807, 2.05) is 37.6 Å². The van der Waals surface area contributed by atoms with Crippen molar-refractivity contribution >= 4 is 5.82 Å². The van der Waals surface area contributed by atoms with Crippen LogP contribution in [0.1, 0.15) is 6.42 Å². The first-order valence-electron chi connectivity index (χ1n) is 5.69. The predicted molar refractivity (Wildman–Crippen MR) is 68.8 cm³/mol. The number of nitrogens with two attached hydrogens (primary N) is 1. The third kappa shape index (κ3) is 2.82. The Morgan fingerprint density at radius 3 is 2.76 bits per heavy atom. The molecule has 0 aliphatic rings. The van der Waals surface area contributed by atoms with E-state index in [1.165, 1.54) is 0 Å². The van der Waals surface area contributed by atoms with E-state index in [4.69, 9.17) is 5.73 Å². The van der Waals surface area contributed by atoms with Gasteiger partial charge in [0.2, 0.25) is 0 Å². The van der Waals surface area contributed by atoms with Gasteiger partial charge < -0.3 is 15.6 Å². The van der Waals surface area contributed by atoms with Crippen molar-refractivity contribution in [3.05, 3.63) is 30.6 Å². The van der Waals surface area contributed by atoms with Gasteiger partial charge in [-0.2, -0.15) is 0 Å². The maximum absolute atomic E-state index is 5.48. The van der Waals surface area contributed by atoms with Gasteiger partial charge in [0.05, 0.1) is 5.69 Å². The van der Waals surface area contributed by atoms with Crippen LogP contribution in [0.5, 0.6) is 0 Å². The maximum atomic E-state index is 5.48. The second kappa shape index (κ2) is 5.45. The van der Waals surface area contributed by atoms with Gasteiger partial charge in [-0.05, 0) is 31.2 Å². The Bertz CT molecular complexity index is 434. The Morgan fingerprint density at radius 1 is 1.29 bits per heavy atom. The van der Waals surface area contributed by atoms with Gasteiger partial charge in [-0.3, -0.25) is 0 Å². The van der Waals surface area contributed by atoms with Crippen LogP contribution in [0.3, 0.4) is 0 Å². The number of H-pyrrole nitrogens is 1. The van der Waals surface area contributed by atoms with Crippen LogP contribution in [-0.4, -0.2) is 35.3 Å². The Balaban J connectivity index is 2.08. The van der Waals surface area contributed by atoms with Gasteiger partial charge in [0, 0.05) is 31.5 Å². The molecule has 0 aliphatic carbocycles. The Kier molecular flexibility index (Phi) is 3.72. The minimum Gasteiger partial charge on any atom is -0.367 e. The minimum atomic E-state index is 0.694. The highest BCUT2D eigenvalue weighted by Crippen LogP contribution is 2.17. The van der Waals surface area contributed by atoms with Crippen LogP contribution >= 0.6 is 0 Å². The van der Waals surface area contributed by atoms with Crippen molar-refractivity contribution in [2.24, 2.45) is 5.73 Å². The molecule has 5 nitrogen and oxygen atoms in total. The van der Waals surface area contributed by atoms with Crippen LogP contribution in [0.15, 0.2) is 30.6 Å². The van der Waals surface area contributed by atoms with Gasteiger partial charge >= 0.3 is 0 Å². The number of aromatic nitrogens is 3. The summed E-state index contributed by atoms with van der Waals surface area (Å²) in [6, 6.07) is 5.93. The average molecular weight is 231 g/mol. The van der Waals surface area contributed by atoms with Crippen LogP contribution in [0.4, 0.5) is 5.82 Å². The van der Waals surface area contributed by atoms with Crippen LogP contribution in [0.25, 0.3) is 11.3 Å². The molecule has 0 bridgehead atoms. The van der Waals surface area contributed by atoms with Crippen molar-refractivity contribution in [3.8, 4) is 11.3 Å². The van der Waals surface area contributed by atoms with E-state index in [1.54, 1.807) is 0 Å². The first-order valence-corrected chi connectivity index (χ1v) is 5.69. The lowest BCUT2D eigenvalue weighted by Crippen LogP contribution is -2.22. The summed E-state index contributed by atoms with van der Waals surface area (Å²) in [7, 11) is 2.00. The van der Waals surface area contributed by atoms with Crippen molar-refractivity contribution in [2.45, 2.75) is 6.42 Å². The lowest BCUT2D eigenvalue weighted by Gasteiger charge is -2.16. The molecule has 2 heterocycles. The van der Waals surface area contributed by atoms with E-state index < -0.39 is 0 Å². The summed E-state index contributed by atoms with van der Waals surface area (Å²) in [5.74, 6) is 0.873. The topological polar surface area (TPSA) is 70.8 Å². The van der Waals surface area contributed by atoms with E-state index in [2.05, 4.69) is 20.1 Å². The fourth-order valence-corrected chi connectivity index (χ4v) is 1.61. The summed E-state index contributed by atoms with van der Waals surface area (Å²) in [6.45, 7) is 1.59. The van der Waals surface area contributed by atoms with Crippen molar-refractivity contribution in [3.63, 3.8) is 0 Å². The zero-order valence-electron chi connectivity index (χ0n) is 9.93. The molecule has 0 saturated heterocycles. The zero-order valence-corrected chi connectivity index (χ0v) is 9.93. The minimum absolute atomic E-state index is 0.694. The van der Waals surface area contributed by atoms with Gasteiger partial charge in [0.25, 0.3) is 0 Å². The monoisotopic (exact) mass is 231 g/mol. The number of anilines is 1. The molecule has 2 aromatic rings. The normalized spacial score (nSPS) is 10.5. The van der Waals surface area contributed by atoms with Gasteiger partial charge in [0.15, 0.2) is 5.82 Å². The van der Waals surface area contributed by atoms with Gasteiger partial charge in [0.1, 0.15) is 0 Å². The molecule has 0 spiro atoms. The third-order valence-corrected chi connectivity index (χ3v) is 2.63. The van der Waals surface area contributed by atoms with Gasteiger partial charge in [-0.15, -0.1) is 10.2 Å². The second-order valence-corrected chi connectivity index (χ2v) is 3.94. The molecular formula is C12H17N5. The quantitative estimate of drug-likeness (QED) is 0.812. The molecular weight excluding hydrogens is 214 g/mol. The summed E-state index contributed by atoms with van der Waals surface area (Å²) in [5, 5.41) is 8.42. The summed E-state index contributed by atoms with van der Waals surface area (Å²) in [6.07, 6.45) is 4.73. The number of hydrogen-bond donors (Lipinski definition) is 2. The largest absolute Gasteiger partial charge is 0.367 e. The summed E-state index contributed by atoms with van der Waals surface area (Å²) in [4.78, 5) is 5.06. The standard InChI is InChI=1S/C12H17N5/c1-17(8-2-6-13)12-4-3-11(15-16-12)10-5-7-14-9-10/h3-5,7,9,14H,2,6,8,13H2,1H3. The molecule has 17 heavy (non-hydrogen) atoms. The highest BCUT2D eigenvalue weighted by Gasteiger charge is 2.04. The number of nitrogens with one attached hydrogen (secondary N) is 1. The fourth-order valence-electron chi connectivity index (χ4n) is 1.61. The Morgan fingerprint density at radius 2 is 2.18 bits per heavy atom. The predicted octanol–water partition coefficient (Wildman–Crippen LogP) is 1.26. The molecule has 2 aromatic heterocycles. The molecule has 0 unspecified atom stereocenters. The SMILES string of the molecule is CN(CCCN)c1ccc(-c2cc[nH]c2)nn1. The molecule has 0 amide bonds. The maximum Gasteiger partial charge on any atom is 0.151 e. The van der Waals surface area contributed by atoms with Crippen molar-refractivity contribution in [1.82, 2.24) is 15.2 Å². The van der Waals surface area contributed by atoms with E-state index >= 15 is 0 Å². The lowest BCUT2D eigenvalue weighted by molar-refractivity contribution is 0.778. The van der Waals surface area contributed by atoms with E-state index in [9.17, 15) is 0 Å². The molecule has 0 radical (unpaired) electrons. The fraction of sp³-hybridized carbons (Fsp3) is 0.333. The number of nitrogens with zero attached hydrogens (tertiary/aromatic N) is 3. The summed E-state index contributed by atoms with van der Waals surface area (Å²) < 4.78 is 0.